The van der Waals surface area contributed by atoms with E-state index in [0.29, 0.717) is 19.8 Å². The molecule has 0 amide bonds. The van der Waals surface area contributed by atoms with E-state index in [-0.39, 0.29) is 0 Å². The van der Waals surface area contributed by atoms with E-state index in [2.05, 4.69) is 0 Å². The van der Waals surface area contributed by atoms with Crippen molar-refractivity contribution in [3.63, 3.8) is 0 Å². The molecule has 0 aliphatic rings. The third-order valence-corrected chi connectivity index (χ3v) is 5.00. The van der Waals surface area contributed by atoms with Crippen LogP contribution in [-0.2, 0) is 23.4 Å². The summed E-state index contributed by atoms with van der Waals surface area (Å²) in [5, 5.41) is 0. The lowest BCUT2D eigenvalue weighted by Gasteiger charge is -2.25. The Morgan fingerprint density at radius 3 is 1.76 bits per heavy atom. The molecule has 0 atom stereocenters. The predicted molar refractivity (Wildman–Crippen MR) is 66.2 cm³/mol. The zero-order valence-electron chi connectivity index (χ0n) is 10.4. The number of hydrogen-bond donors (Lipinski definition) is 1. The minimum atomic E-state index is -4.02. The quantitative estimate of drug-likeness (QED) is 0.503. The Hall–Kier alpha value is -0.253. The second kappa shape index (κ2) is 7.96. The molecule has 6 nitrogen and oxygen atoms in total. The SMILES string of the molecule is CCO[Si](/C=C/CS(=O)(=O)O)(OCC)OCC. The van der Waals surface area contributed by atoms with Crippen molar-refractivity contribution < 1.29 is 26.2 Å². The summed E-state index contributed by atoms with van der Waals surface area (Å²) in [6, 6.07) is 0. The van der Waals surface area contributed by atoms with Crippen LogP contribution in [0.15, 0.2) is 11.8 Å². The molecule has 0 bridgehead atoms. The first-order valence-electron chi connectivity index (χ1n) is 5.43. The van der Waals surface area contributed by atoms with Crippen LogP contribution in [0.1, 0.15) is 20.8 Å². The van der Waals surface area contributed by atoms with E-state index in [1.165, 1.54) is 11.8 Å². The van der Waals surface area contributed by atoms with E-state index in [9.17, 15) is 8.42 Å². The Bertz CT molecular complexity index is 309. The number of rotatable bonds is 9. The minimum absolute atomic E-state index is 0.405. The highest BCUT2D eigenvalue weighted by molar-refractivity contribution is 7.85. The smallest absolute Gasteiger partial charge is 0.371 e. The van der Waals surface area contributed by atoms with Gasteiger partial charge in [-0.1, -0.05) is 6.08 Å². The second-order valence-electron chi connectivity index (χ2n) is 3.05. The average Bonchev–Trinajstić information content (AvgIpc) is 2.16. The second-order valence-corrected chi connectivity index (χ2v) is 6.96. The highest BCUT2D eigenvalue weighted by atomic mass is 32.2. The first-order valence-corrected chi connectivity index (χ1v) is 8.85. The fraction of sp³-hybridized carbons (Fsp3) is 0.778. The van der Waals surface area contributed by atoms with E-state index < -0.39 is 24.7 Å². The van der Waals surface area contributed by atoms with Gasteiger partial charge in [-0.3, -0.25) is 4.55 Å². The maximum Gasteiger partial charge on any atom is 0.529 e. The molecule has 0 radical (unpaired) electrons. The summed E-state index contributed by atoms with van der Waals surface area (Å²) in [7, 11) is -6.97. The predicted octanol–water partition coefficient (Wildman–Crippen LogP) is 1.02. The monoisotopic (exact) mass is 284 g/mol. The van der Waals surface area contributed by atoms with Gasteiger partial charge in [0.25, 0.3) is 10.1 Å². The summed E-state index contributed by atoms with van der Waals surface area (Å²) in [6.07, 6.45) is 1.29. The van der Waals surface area contributed by atoms with Crippen molar-refractivity contribution in [2.75, 3.05) is 25.6 Å². The van der Waals surface area contributed by atoms with Crippen LogP contribution in [0, 0.1) is 0 Å². The molecule has 0 saturated heterocycles. The van der Waals surface area contributed by atoms with E-state index in [1.807, 2.05) is 0 Å². The first kappa shape index (κ1) is 16.7. The van der Waals surface area contributed by atoms with E-state index in [4.69, 9.17) is 17.8 Å². The fourth-order valence-electron chi connectivity index (χ4n) is 1.19. The van der Waals surface area contributed by atoms with Gasteiger partial charge in [-0.05, 0) is 26.5 Å². The topological polar surface area (TPSA) is 82.1 Å². The summed E-state index contributed by atoms with van der Waals surface area (Å²) >= 11 is 0. The fourth-order valence-corrected chi connectivity index (χ4v) is 3.85. The molecule has 0 aliphatic heterocycles. The maximum absolute atomic E-state index is 10.6. The van der Waals surface area contributed by atoms with Gasteiger partial charge in [0.1, 0.15) is 0 Å². The number of hydrogen-bond acceptors (Lipinski definition) is 5. The van der Waals surface area contributed by atoms with E-state index >= 15 is 0 Å². The summed E-state index contributed by atoms with van der Waals surface area (Å²) in [5.74, 6) is -0.477. The molecule has 0 heterocycles. The molecule has 0 spiro atoms. The van der Waals surface area contributed by atoms with Crippen molar-refractivity contribution >= 4 is 18.9 Å². The molecule has 0 aromatic heterocycles. The van der Waals surface area contributed by atoms with Gasteiger partial charge in [0.15, 0.2) is 0 Å². The van der Waals surface area contributed by atoms with Crippen LogP contribution >= 0.6 is 0 Å². The minimum Gasteiger partial charge on any atom is -0.371 e. The molecule has 17 heavy (non-hydrogen) atoms. The average molecular weight is 284 g/mol. The van der Waals surface area contributed by atoms with Crippen LogP contribution in [0.5, 0.6) is 0 Å². The Labute approximate surface area is 104 Å². The molecular formula is C9H20O6SSi. The summed E-state index contributed by atoms with van der Waals surface area (Å²) in [5.41, 5.74) is 1.48. The van der Waals surface area contributed by atoms with Crippen LogP contribution in [0.25, 0.3) is 0 Å². The molecule has 102 valence electrons. The lowest BCUT2D eigenvalue weighted by molar-refractivity contribution is 0.0842. The third-order valence-electron chi connectivity index (χ3n) is 1.67. The highest BCUT2D eigenvalue weighted by Gasteiger charge is 2.37. The van der Waals surface area contributed by atoms with Crippen LogP contribution in [0.3, 0.4) is 0 Å². The molecule has 0 fully saturated rings. The van der Waals surface area contributed by atoms with Gasteiger partial charge in [0.05, 0.1) is 5.75 Å². The lowest BCUT2D eigenvalue weighted by atomic mass is 10.8. The molecular weight excluding hydrogens is 264 g/mol. The van der Waals surface area contributed by atoms with Crippen molar-refractivity contribution in [1.82, 2.24) is 0 Å². The molecule has 0 saturated carbocycles. The zero-order valence-corrected chi connectivity index (χ0v) is 12.2. The molecule has 0 rings (SSSR count). The van der Waals surface area contributed by atoms with Gasteiger partial charge in [-0.2, -0.15) is 8.42 Å². The zero-order chi connectivity index (χ0) is 13.4. The van der Waals surface area contributed by atoms with E-state index in [0.717, 1.165) is 0 Å². The lowest BCUT2D eigenvalue weighted by Crippen LogP contribution is -2.44. The van der Waals surface area contributed by atoms with Crippen LogP contribution < -0.4 is 0 Å². The van der Waals surface area contributed by atoms with E-state index in [1.54, 1.807) is 20.8 Å². The van der Waals surface area contributed by atoms with Crippen molar-refractivity contribution in [3.8, 4) is 0 Å². The van der Waals surface area contributed by atoms with Crippen molar-refractivity contribution in [1.29, 1.82) is 0 Å². The molecule has 8 heteroatoms. The summed E-state index contributed by atoms with van der Waals surface area (Å²) in [4.78, 5) is 0. The molecule has 0 aliphatic carbocycles. The highest BCUT2D eigenvalue weighted by Crippen LogP contribution is 2.12. The van der Waals surface area contributed by atoms with Crippen LogP contribution in [0.2, 0.25) is 0 Å². The van der Waals surface area contributed by atoms with Gasteiger partial charge in [-0.25, -0.2) is 0 Å². The molecule has 0 aromatic carbocycles. The van der Waals surface area contributed by atoms with Gasteiger partial charge in [0.2, 0.25) is 0 Å². The summed E-state index contributed by atoms with van der Waals surface area (Å²) in [6.45, 7) is 6.62. The Morgan fingerprint density at radius 2 is 1.47 bits per heavy atom. The Morgan fingerprint density at radius 1 is 1.06 bits per heavy atom. The van der Waals surface area contributed by atoms with Gasteiger partial charge >= 0.3 is 8.80 Å². The van der Waals surface area contributed by atoms with Gasteiger partial charge in [0, 0.05) is 19.8 Å². The standard InChI is InChI=1S/C9H20O6SSi/c1-4-13-17(14-5-2,15-6-3)9-7-8-16(10,11)12/h7,9H,4-6,8H2,1-3H3,(H,10,11,12)/b9-7+. The largest absolute Gasteiger partial charge is 0.529 e. The molecule has 1 N–H and O–H groups in total. The van der Waals surface area contributed by atoms with Crippen LogP contribution in [0.4, 0.5) is 0 Å². The normalized spacial score (nSPS) is 13.4. The van der Waals surface area contributed by atoms with Crippen molar-refractivity contribution in [2.24, 2.45) is 0 Å². The first-order chi connectivity index (χ1) is 7.89. The van der Waals surface area contributed by atoms with Gasteiger partial charge in [-0.15, -0.1) is 0 Å². The van der Waals surface area contributed by atoms with Crippen LogP contribution in [-0.4, -0.2) is 47.3 Å². The van der Waals surface area contributed by atoms with Gasteiger partial charge < -0.3 is 13.3 Å². The Kier molecular flexibility index (Phi) is 7.84. The molecule has 0 aromatic rings. The Balaban J connectivity index is 4.75. The van der Waals surface area contributed by atoms with Crippen molar-refractivity contribution in [2.45, 2.75) is 20.8 Å². The summed E-state index contributed by atoms with van der Waals surface area (Å²) < 4.78 is 46.2. The third kappa shape index (κ3) is 7.63. The maximum atomic E-state index is 10.6. The van der Waals surface area contributed by atoms with Crippen molar-refractivity contribution in [3.05, 3.63) is 11.8 Å². The molecule has 0 unspecified atom stereocenters.